The van der Waals surface area contributed by atoms with E-state index in [1.54, 1.807) is 19.9 Å². The molecular formula is C35H47NO6. The molecule has 1 saturated heterocycles. The van der Waals surface area contributed by atoms with Crippen molar-refractivity contribution in [3.63, 3.8) is 0 Å². The second-order valence-electron chi connectivity index (χ2n) is 12.1. The van der Waals surface area contributed by atoms with E-state index < -0.39 is 35.2 Å². The Kier molecular flexibility index (Phi) is 11.9. The van der Waals surface area contributed by atoms with Crippen molar-refractivity contribution >= 4 is 23.4 Å². The van der Waals surface area contributed by atoms with Crippen LogP contribution in [-0.2, 0) is 30.3 Å². The van der Waals surface area contributed by atoms with E-state index in [1.165, 1.54) is 16.0 Å². The molecule has 0 unspecified atom stereocenters. The number of amides is 1. The van der Waals surface area contributed by atoms with E-state index in [2.05, 4.69) is 32.0 Å². The first-order chi connectivity index (χ1) is 20.0. The quantitative estimate of drug-likeness (QED) is 0.174. The Bertz CT molecular complexity index is 1270. The van der Waals surface area contributed by atoms with E-state index in [-0.39, 0.29) is 12.4 Å². The number of hydrogen-bond donors (Lipinski definition) is 0. The molecule has 1 aliphatic heterocycles. The van der Waals surface area contributed by atoms with Crippen LogP contribution >= 0.6 is 0 Å². The highest BCUT2D eigenvalue weighted by Gasteiger charge is 2.42. The molecule has 0 aromatic heterocycles. The lowest BCUT2D eigenvalue weighted by molar-refractivity contribution is -0.161. The van der Waals surface area contributed by atoms with Crippen molar-refractivity contribution in [2.75, 3.05) is 13.2 Å². The van der Waals surface area contributed by atoms with E-state index in [0.29, 0.717) is 50.8 Å². The van der Waals surface area contributed by atoms with Gasteiger partial charge >= 0.3 is 5.97 Å². The van der Waals surface area contributed by atoms with Gasteiger partial charge in [0, 0.05) is 18.4 Å². The zero-order valence-corrected chi connectivity index (χ0v) is 26.2. The second-order valence-corrected chi connectivity index (χ2v) is 12.1. The summed E-state index contributed by atoms with van der Waals surface area (Å²) in [5.74, 6) is -1.01. The number of nitrogens with zero attached hydrogens (tertiary/aromatic N) is 1. The molecule has 0 aliphatic carbocycles. The molecule has 1 aliphatic rings. The summed E-state index contributed by atoms with van der Waals surface area (Å²) in [4.78, 5) is 53.2. The fourth-order valence-corrected chi connectivity index (χ4v) is 5.02. The predicted octanol–water partition coefficient (Wildman–Crippen LogP) is 6.65. The Morgan fingerprint density at radius 1 is 1.02 bits per heavy atom. The fraction of sp³-hybridized carbons (Fsp3) is 0.543. The van der Waals surface area contributed by atoms with Crippen LogP contribution in [0.15, 0.2) is 42.5 Å². The Morgan fingerprint density at radius 2 is 1.79 bits per heavy atom. The molecule has 3 rings (SSSR count). The second kappa shape index (κ2) is 15.1. The number of likely N-dealkylation sites (tertiary alicyclic amines) is 1. The molecule has 228 valence electrons. The lowest BCUT2D eigenvalue weighted by Gasteiger charge is -2.28. The maximum Gasteiger partial charge on any atom is 0.329 e. The van der Waals surface area contributed by atoms with Gasteiger partial charge in [-0.25, -0.2) is 4.79 Å². The Morgan fingerprint density at radius 3 is 2.48 bits per heavy atom. The van der Waals surface area contributed by atoms with E-state index in [0.717, 1.165) is 24.0 Å². The van der Waals surface area contributed by atoms with E-state index >= 15 is 0 Å². The molecule has 7 nitrogen and oxygen atoms in total. The van der Waals surface area contributed by atoms with Crippen molar-refractivity contribution < 1.29 is 28.7 Å². The number of ketones is 2. The van der Waals surface area contributed by atoms with Crippen LogP contribution in [0.5, 0.6) is 5.75 Å². The Labute approximate surface area is 251 Å². The number of benzene rings is 2. The van der Waals surface area contributed by atoms with Crippen molar-refractivity contribution in [1.29, 1.82) is 0 Å². The Hall–Kier alpha value is -3.48. The zero-order chi connectivity index (χ0) is 30.9. The number of ether oxygens (including phenoxy) is 2. The van der Waals surface area contributed by atoms with Gasteiger partial charge in [0.15, 0.2) is 5.78 Å². The van der Waals surface area contributed by atoms with Gasteiger partial charge in [0.2, 0.25) is 5.78 Å². The largest absolute Gasteiger partial charge is 0.486 e. The molecule has 2 aromatic carbocycles. The maximum absolute atomic E-state index is 13.6. The third-order valence-electron chi connectivity index (χ3n) is 8.44. The lowest BCUT2D eigenvalue weighted by atomic mass is 9.84. The highest BCUT2D eigenvalue weighted by atomic mass is 16.5. The molecule has 2 aromatic rings. The minimum atomic E-state index is -0.797. The molecular weight excluding hydrogens is 530 g/mol. The first-order valence-electron chi connectivity index (χ1n) is 15.3. The molecule has 0 bridgehead atoms. The summed E-state index contributed by atoms with van der Waals surface area (Å²) >= 11 is 0. The topological polar surface area (TPSA) is 90.0 Å². The summed E-state index contributed by atoms with van der Waals surface area (Å²) in [5, 5.41) is 0. The van der Waals surface area contributed by atoms with Crippen molar-refractivity contribution in [1.82, 2.24) is 4.90 Å². The molecule has 1 amide bonds. The molecule has 0 radical (unpaired) electrons. The summed E-state index contributed by atoms with van der Waals surface area (Å²) in [7, 11) is 0. The van der Waals surface area contributed by atoms with Gasteiger partial charge in [-0.05, 0) is 86.8 Å². The van der Waals surface area contributed by atoms with Crippen LogP contribution in [0.2, 0.25) is 0 Å². The van der Waals surface area contributed by atoms with Gasteiger partial charge < -0.3 is 14.4 Å². The van der Waals surface area contributed by atoms with Gasteiger partial charge in [-0.1, -0.05) is 64.4 Å². The van der Waals surface area contributed by atoms with Crippen molar-refractivity contribution in [3.05, 3.63) is 64.7 Å². The number of Topliss-reactive ketones (excluding diaryl/α,β-unsaturated/α-hetero) is 2. The molecule has 0 spiro atoms. The van der Waals surface area contributed by atoms with Crippen LogP contribution in [0.1, 0.15) is 101 Å². The molecule has 7 heteroatoms. The third kappa shape index (κ3) is 8.76. The van der Waals surface area contributed by atoms with Gasteiger partial charge in [-0.2, -0.15) is 0 Å². The SMILES string of the molecule is CCCCC(=O)COc1cccc([C@@H](CCc2ccc(C)c(C)c2)OC(=O)[C@@H]2CCCN2C(=O)C(=O)C(C)(C)CC)c1. The van der Waals surface area contributed by atoms with Crippen LogP contribution in [0.3, 0.4) is 0 Å². The van der Waals surface area contributed by atoms with Crippen molar-refractivity contribution in [3.8, 4) is 5.75 Å². The van der Waals surface area contributed by atoms with Gasteiger partial charge in [-0.15, -0.1) is 0 Å². The van der Waals surface area contributed by atoms with Crippen LogP contribution < -0.4 is 4.74 Å². The van der Waals surface area contributed by atoms with Gasteiger partial charge in [0.1, 0.15) is 24.5 Å². The minimum absolute atomic E-state index is 0.00215. The van der Waals surface area contributed by atoms with E-state index in [4.69, 9.17) is 9.47 Å². The van der Waals surface area contributed by atoms with Gasteiger partial charge in [0.25, 0.3) is 5.91 Å². The Balaban J connectivity index is 1.80. The smallest absolute Gasteiger partial charge is 0.329 e. The van der Waals surface area contributed by atoms with Gasteiger partial charge in [-0.3, -0.25) is 14.4 Å². The van der Waals surface area contributed by atoms with Crippen LogP contribution in [-0.4, -0.2) is 47.5 Å². The van der Waals surface area contributed by atoms with Crippen molar-refractivity contribution in [2.24, 2.45) is 5.41 Å². The highest BCUT2D eigenvalue weighted by molar-refractivity contribution is 6.38. The number of rotatable bonds is 15. The first kappa shape index (κ1) is 33.0. The number of unbranched alkanes of at least 4 members (excludes halogenated alkanes) is 1. The number of aryl methyl sites for hydroxylation is 3. The monoisotopic (exact) mass is 577 g/mol. The molecule has 0 N–H and O–H groups in total. The minimum Gasteiger partial charge on any atom is -0.486 e. The van der Waals surface area contributed by atoms with Crippen LogP contribution in [0, 0.1) is 19.3 Å². The first-order valence-corrected chi connectivity index (χ1v) is 15.3. The maximum atomic E-state index is 13.6. The predicted molar refractivity (Wildman–Crippen MR) is 163 cm³/mol. The lowest BCUT2D eigenvalue weighted by Crippen LogP contribution is -2.48. The summed E-state index contributed by atoms with van der Waals surface area (Å²) < 4.78 is 11.9. The van der Waals surface area contributed by atoms with Crippen molar-refractivity contribution in [2.45, 2.75) is 105 Å². The number of carbonyl (C=O) groups is 4. The van der Waals surface area contributed by atoms with E-state index in [1.807, 2.05) is 32.0 Å². The van der Waals surface area contributed by atoms with Gasteiger partial charge in [0.05, 0.1) is 0 Å². The number of hydrogen-bond acceptors (Lipinski definition) is 6. The summed E-state index contributed by atoms with van der Waals surface area (Å²) in [6.45, 7) is 11.9. The molecule has 1 fully saturated rings. The third-order valence-corrected chi connectivity index (χ3v) is 8.44. The summed E-state index contributed by atoms with van der Waals surface area (Å²) in [5.41, 5.74) is 3.51. The summed E-state index contributed by atoms with van der Waals surface area (Å²) in [6.07, 6.45) is 4.49. The molecule has 1 heterocycles. The normalized spacial score (nSPS) is 15.8. The number of esters is 1. The summed E-state index contributed by atoms with van der Waals surface area (Å²) in [6, 6.07) is 12.8. The molecule has 2 atom stereocenters. The average Bonchev–Trinajstić information content (AvgIpc) is 3.48. The van der Waals surface area contributed by atoms with E-state index in [9.17, 15) is 19.2 Å². The zero-order valence-electron chi connectivity index (χ0n) is 26.2. The highest BCUT2D eigenvalue weighted by Crippen LogP contribution is 2.31. The molecule has 0 saturated carbocycles. The fourth-order valence-electron chi connectivity index (χ4n) is 5.02. The number of carbonyl (C=O) groups excluding carboxylic acids is 4. The van der Waals surface area contributed by atoms with Crippen LogP contribution in [0.4, 0.5) is 0 Å². The standard InChI is InChI=1S/C35H47NO6/c1-7-9-13-28(37)23-41-29-14-10-12-27(22-29)31(19-18-26-17-16-24(3)25(4)21-26)42-34(40)30-15-11-20-36(30)33(39)32(38)35(5,6)8-2/h10,12,14,16-17,21-22,30-31H,7-9,11,13,15,18-20,23H2,1-6H3/t30-,31+/m0/s1. The van der Waals surface area contributed by atoms with Crippen LogP contribution in [0.25, 0.3) is 0 Å². The molecule has 42 heavy (non-hydrogen) atoms. The average molecular weight is 578 g/mol.